The van der Waals surface area contributed by atoms with Crippen LogP contribution >= 0.6 is 11.6 Å². The van der Waals surface area contributed by atoms with Crippen LogP contribution < -0.4 is 14.2 Å². The van der Waals surface area contributed by atoms with Crippen LogP contribution in [0.25, 0.3) is 10.9 Å². The van der Waals surface area contributed by atoms with Crippen molar-refractivity contribution in [3.8, 4) is 11.5 Å². The number of para-hydroxylation sites is 2. The van der Waals surface area contributed by atoms with E-state index in [-0.39, 0.29) is 17.4 Å². The van der Waals surface area contributed by atoms with E-state index in [1.54, 1.807) is 26.4 Å². The van der Waals surface area contributed by atoms with Gasteiger partial charge in [-0.15, -0.1) is 0 Å². The minimum Gasteiger partial charge on any atom is -0.493 e. The molecule has 1 heterocycles. The number of hydrogen-bond acceptors (Lipinski definition) is 4. The Morgan fingerprint density at radius 3 is 2.50 bits per heavy atom. The predicted molar refractivity (Wildman–Crippen MR) is 126 cm³/mol. The number of aromatic nitrogens is 1. The van der Waals surface area contributed by atoms with Crippen molar-refractivity contribution in [2.45, 2.75) is 10.8 Å². The number of fused-ring (bicyclic) bond motifs is 1. The molecule has 0 aliphatic carbocycles. The van der Waals surface area contributed by atoms with E-state index in [1.165, 1.54) is 12.1 Å². The van der Waals surface area contributed by atoms with Gasteiger partial charge in [-0.3, -0.25) is 0 Å². The molecule has 32 heavy (non-hydrogen) atoms. The molecule has 4 aromatic rings. The molecule has 0 bridgehead atoms. The average molecular weight is 471 g/mol. The van der Waals surface area contributed by atoms with Crippen LogP contribution in [0.1, 0.15) is 17.0 Å². The molecule has 8 heteroatoms. The molecular formula is C24H23ClN2O4S. The highest BCUT2D eigenvalue weighted by Gasteiger charge is 2.26. The number of ether oxygens (including phenoxy) is 2. The number of benzene rings is 3. The van der Waals surface area contributed by atoms with E-state index in [2.05, 4.69) is 9.71 Å². The number of methoxy groups -OCH3 is 2. The zero-order chi connectivity index (χ0) is 22.7. The first kappa shape index (κ1) is 22.2. The highest BCUT2D eigenvalue weighted by Crippen LogP contribution is 2.40. The Labute approximate surface area is 192 Å². The molecule has 166 valence electrons. The van der Waals surface area contributed by atoms with Gasteiger partial charge >= 0.3 is 0 Å². The average Bonchev–Trinajstić information content (AvgIpc) is 3.23. The molecule has 4 rings (SSSR count). The van der Waals surface area contributed by atoms with E-state index in [9.17, 15) is 8.42 Å². The summed E-state index contributed by atoms with van der Waals surface area (Å²) in [6.07, 6.45) is 1.90. The lowest BCUT2D eigenvalue weighted by atomic mass is 9.90. The first-order valence-electron chi connectivity index (χ1n) is 9.96. The van der Waals surface area contributed by atoms with Crippen molar-refractivity contribution in [3.63, 3.8) is 0 Å². The van der Waals surface area contributed by atoms with Gasteiger partial charge in [0.25, 0.3) is 0 Å². The molecule has 0 aliphatic heterocycles. The van der Waals surface area contributed by atoms with E-state index >= 15 is 0 Å². The van der Waals surface area contributed by atoms with Gasteiger partial charge in [0.05, 0.1) is 19.1 Å². The molecule has 0 fully saturated rings. The minimum absolute atomic E-state index is 0.111. The second-order valence-corrected chi connectivity index (χ2v) is 9.44. The van der Waals surface area contributed by atoms with Crippen LogP contribution in [0.3, 0.4) is 0 Å². The van der Waals surface area contributed by atoms with Gasteiger partial charge in [0.15, 0.2) is 11.5 Å². The fourth-order valence-electron chi connectivity index (χ4n) is 3.87. The molecule has 0 saturated heterocycles. The number of aromatic amines is 1. The smallest absolute Gasteiger partial charge is 0.240 e. The van der Waals surface area contributed by atoms with E-state index in [4.69, 9.17) is 21.1 Å². The molecule has 6 nitrogen and oxygen atoms in total. The maximum Gasteiger partial charge on any atom is 0.240 e. The molecular weight excluding hydrogens is 448 g/mol. The van der Waals surface area contributed by atoms with Crippen LogP contribution in [0, 0.1) is 0 Å². The van der Waals surface area contributed by atoms with E-state index in [0.717, 1.165) is 22.0 Å². The molecule has 0 spiro atoms. The zero-order valence-electron chi connectivity index (χ0n) is 17.6. The van der Waals surface area contributed by atoms with Crippen LogP contribution in [0.4, 0.5) is 0 Å². The monoisotopic (exact) mass is 470 g/mol. The van der Waals surface area contributed by atoms with Crippen LogP contribution in [0.2, 0.25) is 5.02 Å². The lowest BCUT2D eigenvalue weighted by Crippen LogP contribution is -2.29. The SMILES string of the molecule is COc1cccc(C(CNS(=O)(=O)c2cccc(Cl)c2)c2c[nH]c3ccccc23)c1OC. The summed E-state index contributed by atoms with van der Waals surface area (Å²) < 4.78 is 39.9. The van der Waals surface area contributed by atoms with Gasteiger partial charge < -0.3 is 14.5 Å². The summed E-state index contributed by atoms with van der Waals surface area (Å²) in [7, 11) is -0.635. The van der Waals surface area contributed by atoms with Gasteiger partial charge in [-0.05, 0) is 35.9 Å². The van der Waals surface area contributed by atoms with Crippen molar-refractivity contribution < 1.29 is 17.9 Å². The Morgan fingerprint density at radius 2 is 1.75 bits per heavy atom. The topological polar surface area (TPSA) is 80.4 Å². The molecule has 1 aromatic heterocycles. The molecule has 0 radical (unpaired) electrons. The lowest BCUT2D eigenvalue weighted by molar-refractivity contribution is 0.350. The first-order chi connectivity index (χ1) is 15.4. The number of H-pyrrole nitrogens is 1. The van der Waals surface area contributed by atoms with Crippen molar-refractivity contribution in [2.75, 3.05) is 20.8 Å². The fraction of sp³-hybridized carbons (Fsp3) is 0.167. The number of sulfonamides is 1. The van der Waals surface area contributed by atoms with Crippen LogP contribution in [0.15, 0.2) is 77.8 Å². The minimum atomic E-state index is -3.78. The van der Waals surface area contributed by atoms with Crippen molar-refractivity contribution in [3.05, 3.63) is 89.1 Å². The van der Waals surface area contributed by atoms with Crippen LogP contribution in [-0.2, 0) is 10.0 Å². The normalized spacial score (nSPS) is 12.6. The Balaban J connectivity index is 1.79. The number of nitrogens with one attached hydrogen (secondary N) is 2. The van der Waals surface area contributed by atoms with Gasteiger partial charge in [-0.25, -0.2) is 13.1 Å². The van der Waals surface area contributed by atoms with Gasteiger partial charge in [-0.1, -0.05) is 48.0 Å². The first-order valence-corrected chi connectivity index (χ1v) is 11.8. The Hall–Kier alpha value is -3.00. The number of halogens is 1. The van der Waals surface area contributed by atoms with Crippen LogP contribution in [-0.4, -0.2) is 34.2 Å². The Morgan fingerprint density at radius 1 is 0.969 bits per heavy atom. The number of hydrogen-bond donors (Lipinski definition) is 2. The highest BCUT2D eigenvalue weighted by atomic mass is 35.5. The summed E-state index contributed by atoms with van der Waals surface area (Å²) in [5, 5.41) is 1.36. The molecule has 0 aliphatic rings. The molecule has 0 amide bonds. The predicted octanol–water partition coefficient (Wildman–Crippen LogP) is 4.95. The van der Waals surface area contributed by atoms with Gasteiger partial charge in [0, 0.05) is 40.1 Å². The molecule has 1 atom stereocenters. The summed E-state index contributed by atoms with van der Waals surface area (Å²) in [6.45, 7) is 0.111. The second-order valence-electron chi connectivity index (χ2n) is 7.23. The van der Waals surface area contributed by atoms with Gasteiger partial charge in [0.1, 0.15) is 0 Å². The van der Waals surface area contributed by atoms with Crippen molar-refractivity contribution in [1.82, 2.24) is 9.71 Å². The fourth-order valence-corrected chi connectivity index (χ4v) is 5.21. The van der Waals surface area contributed by atoms with Crippen molar-refractivity contribution >= 4 is 32.5 Å². The maximum absolute atomic E-state index is 13.0. The molecule has 1 unspecified atom stereocenters. The Bertz CT molecular complexity index is 1350. The third-order valence-electron chi connectivity index (χ3n) is 5.39. The summed E-state index contributed by atoms with van der Waals surface area (Å²) in [5.41, 5.74) is 2.72. The van der Waals surface area contributed by atoms with Gasteiger partial charge in [0.2, 0.25) is 10.0 Å². The van der Waals surface area contributed by atoms with E-state index < -0.39 is 10.0 Å². The maximum atomic E-state index is 13.0. The number of rotatable bonds is 8. The second kappa shape index (κ2) is 9.24. The molecule has 0 saturated carbocycles. The highest BCUT2D eigenvalue weighted by molar-refractivity contribution is 7.89. The lowest BCUT2D eigenvalue weighted by Gasteiger charge is -2.22. The molecule has 2 N–H and O–H groups in total. The van der Waals surface area contributed by atoms with Crippen LogP contribution in [0.5, 0.6) is 11.5 Å². The Kier molecular flexibility index (Phi) is 6.41. The largest absolute Gasteiger partial charge is 0.493 e. The van der Waals surface area contributed by atoms with E-state index in [0.29, 0.717) is 16.5 Å². The quantitative estimate of drug-likeness (QED) is 0.382. The van der Waals surface area contributed by atoms with Crippen molar-refractivity contribution in [1.29, 1.82) is 0 Å². The van der Waals surface area contributed by atoms with E-state index in [1.807, 2.05) is 48.7 Å². The standard InChI is InChI=1S/C24H23ClN2O4S/c1-30-23-12-6-10-19(24(23)31-2)21(20-14-26-22-11-4-3-9-18(20)22)15-27-32(28,29)17-8-5-7-16(25)13-17/h3-14,21,26-27H,15H2,1-2H3. The summed E-state index contributed by atoms with van der Waals surface area (Å²) in [6, 6.07) is 19.7. The summed E-state index contributed by atoms with van der Waals surface area (Å²) in [5.74, 6) is 0.796. The zero-order valence-corrected chi connectivity index (χ0v) is 19.2. The summed E-state index contributed by atoms with van der Waals surface area (Å²) >= 11 is 6.00. The van der Waals surface area contributed by atoms with Gasteiger partial charge in [-0.2, -0.15) is 0 Å². The third-order valence-corrected chi connectivity index (χ3v) is 7.05. The summed E-state index contributed by atoms with van der Waals surface area (Å²) in [4.78, 5) is 3.39. The van der Waals surface area contributed by atoms with Crippen molar-refractivity contribution in [2.24, 2.45) is 0 Å². The third kappa shape index (κ3) is 4.32. The molecule has 3 aromatic carbocycles.